The standard InChI is InChI=1S/C12H14O4/c1-8-5-6-9(3-2-4-10(13)14)12-11(8)15-7-16-12/h5-6H,2-4,7H2,1H3,(H,13,14). The summed E-state index contributed by atoms with van der Waals surface area (Å²) in [7, 11) is 0. The van der Waals surface area contributed by atoms with E-state index in [0.29, 0.717) is 12.8 Å². The molecule has 0 radical (unpaired) electrons. The van der Waals surface area contributed by atoms with Crippen molar-refractivity contribution in [1.82, 2.24) is 0 Å². The van der Waals surface area contributed by atoms with Crippen molar-refractivity contribution in [3.8, 4) is 11.5 Å². The molecule has 1 aromatic rings. The van der Waals surface area contributed by atoms with E-state index in [4.69, 9.17) is 14.6 Å². The number of hydrogen-bond donors (Lipinski definition) is 1. The average Bonchev–Trinajstić information content (AvgIpc) is 2.70. The number of aryl methyl sites for hydroxylation is 2. The van der Waals surface area contributed by atoms with Crippen molar-refractivity contribution in [3.63, 3.8) is 0 Å². The Morgan fingerprint density at radius 3 is 2.88 bits per heavy atom. The monoisotopic (exact) mass is 222 g/mol. The van der Waals surface area contributed by atoms with Gasteiger partial charge in [0.05, 0.1) is 0 Å². The Morgan fingerprint density at radius 1 is 1.38 bits per heavy atom. The Labute approximate surface area is 93.8 Å². The predicted octanol–water partition coefficient (Wildman–Crippen LogP) is 2.13. The molecule has 1 aromatic carbocycles. The molecule has 0 fully saturated rings. The molecule has 0 unspecified atom stereocenters. The van der Waals surface area contributed by atoms with Crippen LogP contribution in [0.25, 0.3) is 0 Å². The predicted molar refractivity (Wildman–Crippen MR) is 57.9 cm³/mol. The maximum Gasteiger partial charge on any atom is 0.303 e. The third-order valence-electron chi connectivity index (χ3n) is 2.63. The van der Waals surface area contributed by atoms with Gasteiger partial charge in [-0.3, -0.25) is 4.79 Å². The second-order valence-electron chi connectivity index (χ2n) is 3.85. The van der Waals surface area contributed by atoms with Gasteiger partial charge >= 0.3 is 5.97 Å². The van der Waals surface area contributed by atoms with Gasteiger partial charge in [-0.2, -0.15) is 0 Å². The van der Waals surface area contributed by atoms with Crippen LogP contribution >= 0.6 is 0 Å². The Hall–Kier alpha value is -1.71. The van der Waals surface area contributed by atoms with Crippen LogP contribution in [0.5, 0.6) is 11.5 Å². The summed E-state index contributed by atoms with van der Waals surface area (Å²) in [4.78, 5) is 10.4. The third-order valence-corrected chi connectivity index (χ3v) is 2.63. The summed E-state index contributed by atoms with van der Waals surface area (Å²) in [6.07, 6.45) is 1.51. The molecular formula is C12H14O4. The summed E-state index contributed by atoms with van der Waals surface area (Å²) < 4.78 is 10.8. The first-order valence-corrected chi connectivity index (χ1v) is 5.28. The van der Waals surface area contributed by atoms with Gasteiger partial charge in [-0.15, -0.1) is 0 Å². The Kier molecular flexibility index (Phi) is 2.99. The molecule has 0 spiro atoms. The molecule has 0 atom stereocenters. The van der Waals surface area contributed by atoms with E-state index in [1.54, 1.807) is 0 Å². The molecule has 0 amide bonds. The highest BCUT2D eigenvalue weighted by molar-refractivity contribution is 5.66. The molecule has 4 heteroatoms. The first kappa shape index (κ1) is 10.8. The van der Waals surface area contributed by atoms with E-state index < -0.39 is 5.97 Å². The molecule has 0 saturated carbocycles. The number of fused-ring (bicyclic) bond motifs is 1. The minimum absolute atomic E-state index is 0.184. The molecule has 0 aliphatic carbocycles. The molecule has 0 saturated heterocycles. The molecule has 1 heterocycles. The van der Waals surface area contributed by atoms with E-state index in [1.165, 1.54) is 0 Å². The molecule has 0 bridgehead atoms. The average molecular weight is 222 g/mol. The van der Waals surface area contributed by atoms with Crippen LogP contribution in [0.4, 0.5) is 0 Å². The van der Waals surface area contributed by atoms with Gasteiger partial charge in [0.2, 0.25) is 6.79 Å². The fraction of sp³-hybridized carbons (Fsp3) is 0.417. The highest BCUT2D eigenvalue weighted by Gasteiger charge is 2.19. The van der Waals surface area contributed by atoms with Gasteiger partial charge in [-0.1, -0.05) is 12.1 Å². The van der Waals surface area contributed by atoms with Crippen molar-refractivity contribution in [1.29, 1.82) is 0 Å². The maximum atomic E-state index is 10.4. The number of carboxylic acid groups (broad SMARTS) is 1. The minimum Gasteiger partial charge on any atom is -0.481 e. The summed E-state index contributed by atoms with van der Waals surface area (Å²) in [6, 6.07) is 3.95. The fourth-order valence-corrected chi connectivity index (χ4v) is 1.81. The zero-order chi connectivity index (χ0) is 11.5. The van der Waals surface area contributed by atoms with Crippen molar-refractivity contribution < 1.29 is 19.4 Å². The molecule has 1 aliphatic rings. The lowest BCUT2D eigenvalue weighted by Crippen LogP contribution is -1.97. The first-order chi connectivity index (χ1) is 7.68. The number of ether oxygens (including phenoxy) is 2. The highest BCUT2D eigenvalue weighted by Crippen LogP contribution is 2.39. The summed E-state index contributed by atoms with van der Waals surface area (Å²) in [6.45, 7) is 2.22. The smallest absolute Gasteiger partial charge is 0.303 e. The SMILES string of the molecule is Cc1ccc(CCCC(=O)O)c2c1OCO2. The van der Waals surface area contributed by atoms with E-state index in [0.717, 1.165) is 22.6 Å². The molecule has 2 rings (SSSR count). The van der Waals surface area contributed by atoms with Crippen LogP contribution in [0, 0.1) is 6.92 Å². The van der Waals surface area contributed by atoms with Gasteiger partial charge in [-0.05, 0) is 30.9 Å². The van der Waals surface area contributed by atoms with Gasteiger partial charge in [0.25, 0.3) is 0 Å². The first-order valence-electron chi connectivity index (χ1n) is 5.28. The van der Waals surface area contributed by atoms with Gasteiger partial charge in [0, 0.05) is 6.42 Å². The van der Waals surface area contributed by atoms with E-state index in [1.807, 2.05) is 19.1 Å². The van der Waals surface area contributed by atoms with Crippen molar-refractivity contribution in [2.75, 3.05) is 6.79 Å². The summed E-state index contributed by atoms with van der Waals surface area (Å²) in [5.41, 5.74) is 2.08. The van der Waals surface area contributed by atoms with Crippen LogP contribution < -0.4 is 9.47 Å². The van der Waals surface area contributed by atoms with Crippen molar-refractivity contribution in [2.45, 2.75) is 26.2 Å². The third kappa shape index (κ3) is 2.10. The minimum atomic E-state index is -0.763. The van der Waals surface area contributed by atoms with E-state index >= 15 is 0 Å². The van der Waals surface area contributed by atoms with Gasteiger partial charge in [-0.25, -0.2) is 0 Å². The number of benzene rings is 1. The highest BCUT2D eigenvalue weighted by atomic mass is 16.7. The van der Waals surface area contributed by atoms with Crippen molar-refractivity contribution in [2.24, 2.45) is 0 Å². The maximum absolute atomic E-state index is 10.4. The molecule has 1 aliphatic heterocycles. The zero-order valence-electron chi connectivity index (χ0n) is 9.16. The van der Waals surface area contributed by atoms with Gasteiger partial charge < -0.3 is 14.6 Å². The van der Waals surface area contributed by atoms with Crippen LogP contribution in [-0.4, -0.2) is 17.9 Å². The Balaban J connectivity index is 2.10. The summed E-state index contributed by atoms with van der Waals surface area (Å²) in [5, 5.41) is 8.57. The molecule has 16 heavy (non-hydrogen) atoms. The van der Waals surface area contributed by atoms with Gasteiger partial charge in [0.15, 0.2) is 11.5 Å². The largest absolute Gasteiger partial charge is 0.481 e. The normalized spacial score (nSPS) is 12.8. The lowest BCUT2D eigenvalue weighted by molar-refractivity contribution is -0.137. The summed E-state index contributed by atoms with van der Waals surface area (Å²) in [5.74, 6) is 0.819. The van der Waals surface area contributed by atoms with Crippen LogP contribution in [-0.2, 0) is 11.2 Å². The van der Waals surface area contributed by atoms with Crippen molar-refractivity contribution >= 4 is 5.97 Å². The van der Waals surface area contributed by atoms with Crippen LogP contribution in [0.3, 0.4) is 0 Å². The summed E-state index contributed by atoms with van der Waals surface area (Å²) >= 11 is 0. The second kappa shape index (κ2) is 4.43. The number of carboxylic acids is 1. The van der Waals surface area contributed by atoms with Crippen LogP contribution in [0.15, 0.2) is 12.1 Å². The Bertz CT molecular complexity index is 412. The van der Waals surface area contributed by atoms with E-state index in [9.17, 15) is 4.79 Å². The molecule has 86 valence electrons. The number of carbonyl (C=O) groups is 1. The number of hydrogen-bond acceptors (Lipinski definition) is 3. The molecular weight excluding hydrogens is 208 g/mol. The molecule has 4 nitrogen and oxygen atoms in total. The zero-order valence-corrected chi connectivity index (χ0v) is 9.16. The van der Waals surface area contributed by atoms with Crippen LogP contribution in [0.2, 0.25) is 0 Å². The number of aliphatic carboxylic acids is 1. The fourth-order valence-electron chi connectivity index (χ4n) is 1.81. The topological polar surface area (TPSA) is 55.8 Å². The van der Waals surface area contributed by atoms with Crippen molar-refractivity contribution in [3.05, 3.63) is 23.3 Å². The molecule has 0 aromatic heterocycles. The Morgan fingerprint density at radius 2 is 2.12 bits per heavy atom. The lowest BCUT2D eigenvalue weighted by Gasteiger charge is -2.06. The van der Waals surface area contributed by atoms with E-state index in [2.05, 4.69) is 0 Å². The van der Waals surface area contributed by atoms with Gasteiger partial charge in [0.1, 0.15) is 0 Å². The lowest BCUT2D eigenvalue weighted by atomic mass is 10.0. The number of rotatable bonds is 4. The van der Waals surface area contributed by atoms with Crippen LogP contribution in [0.1, 0.15) is 24.0 Å². The molecule has 1 N–H and O–H groups in total. The second-order valence-corrected chi connectivity index (χ2v) is 3.85. The van der Waals surface area contributed by atoms with E-state index in [-0.39, 0.29) is 13.2 Å². The quantitative estimate of drug-likeness (QED) is 0.847.